The first kappa shape index (κ1) is 13.4. The quantitative estimate of drug-likeness (QED) is 0.778. The molecule has 1 fully saturated rings. The maximum Gasteiger partial charge on any atom is 0.125 e. The average molecular weight is 344 g/mol. The lowest BCUT2D eigenvalue weighted by Gasteiger charge is -2.16. The van der Waals surface area contributed by atoms with Crippen molar-refractivity contribution >= 4 is 38.6 Å². The molecule has 0 N–H and O–H groups in total. The van der Waals surface area contributed by atoms with E-state index in [-0.39, 0.29) is 0 Å². The number of methoxy groups -OCH3 is 1. The minimum Gasteiger partial charge on any atom is -0.381 e. The van der Waals surface area contributed by atoms with E-state index in [2.05, 4.69) is 37.6 Å². The van der Waals surface area contributed by atoms with Crippen molar-refractivity contribution in [1.29, 1.82) is 0 Å². The van der Waals surface area contributed by atoms with Crippen LogP contribution in [-0.2, 0) is 10.6 Å². The van der Waals surface area contributed by atoms with Crippen molar-refractivity contribution in [3.05, 3.63) is 28.5 Å². The fourth-order valence-electron chi connectivity index (χ4n) is 2.99. The van der Waals surface area contributed by atoms with Crippen LogP contribution < -0.4 is 0 Å². The molecule has 102 valence electrons. The van der Waals surface area contributed by atoms with Crippen LogP contribution >= 0.6 is 27.5 Å². The van der Waals surface area contributed by atoms with E-state index >= 15 is 0 Å². The molecule has 1 heterocycles. The second kappa shape index (κ2) is 5.43. The minimum absolute atomic E-state index is 0.362. The minimum atomic E-state index is 0.362. The van der Waals surface area contributed by atoms with E-state index in [1.807, 2.05) is 6.07 Å². The van der Waals surface area contributed by atoms with Gasteiger partial charge in [0.1, 0.15) is 5.82 Å². The molecule has 19 heavy (non-hydrogen) atoms. The van der Waals surface area contributed by atoms with Crippen molar-refractivity contribution in [2.45, 2.75) is 37.3 Å². The molecule has 0 saturated heterocycles. The van der Waals surface area contributed by atoms with Gasteiger partial charge < -0.3 is 9.30 Å². The highest BCUT2D eigenvalue weighted by atomic mass is 79.9. The summed E-state index contributed by atoms with van der Waals surface area (Å²) in [7, 11) is 1.79. The fraction of sp³-hybridized carbons (Fsp3) is 0.500. The van der Waals surface area contributed by atoms with E-state index in [9.17, 15) is 0 Å². The number of imidazole rings is 1. The van der Waals surface area contributed by atoms with Gasteiger partial charge in [-0.15, -0.1) is 11.6 Å². The Bertz CT molecular complexity index is 598. The number of hydrogen-bond donors (Lipinski definition) is 0. The number of alkyl halides is 1. The van der Waals surface area contributed by atoms with Gasteiger partial charge in [-0.05, 0) is 37.5 Å². The van der Waals surface area contributed by atoms with Crippen molar-refractivity contribution < 1.29 is 4.74 Å². The molecule has 2 aromatic rings. The number of rotatable bonds is 3. The first-order chi connectivity index (χ1) is 9.22. The summed E-state index contributed by atoms with van der Waals surface area (Å²) in [4.78, 5) is 4.65. The first-order valence-electron chi connectivity index (χ1n) is 6.48. The van der Waals surface area contributed by atoms with Crippen LogP contribution in [0, 0.1) is 0 Å². The Morgan fingerprint density at radius 1 is 1.47 bits per heavy atom. The van der Waals surface area contributed by atoms with E-state index in [1.54, 1.807) is 7.11 Å². The molecular formula is C14H16BrClN2O. The molecule has 3 nitrogen and oxygen atoms in total. The zero-order valence-corrected chi connectivity index (χ0v) is 13.1. The summed E-state index contributed by atoms with van der Waals surface area (Å²) in [6.45, 7) is 0. The Kier molecular flexibility index (Phi) is 3.83. The van der Waals surface area contributed by atoms with E-state index in [4.69, 9.17) is 16.3 Å². The number of fused-ring (bicyclic) bond motifs is 1. The normalized spacial score (nSPS) is 23.3. The molecule has 5 heteroatoms. The number of halogens is 2. The van der Waals surface area contributed by atoms with Gasteiger partial charge in [-0.1, -0.05) is 15.9 Å². The number of benzene rings is 1. The van der Waals surface area contributed by atoms with Gasteiger partial charge >= 0.3 is 0 Å². The standard InChI is InChI=1S/C14H16BrClN2O/c1-19-11-4-3-10(7-11)18-13-5-2-9(15)6-12(13)17-14(18)8-16/h2,5-6,10-11H,3-4,7-8H2,1H3. The summed E-state index contributed by atoms with van der Waals surface area (Å²) >= 11 is 9.56. The van der Waals surface area contributed by atoms with Crippen LogP contribution in [0.3, 0.4) is 0 Å². The van der Waals surface area contributed by atoms with E-state index in [0.717, 1.165) is 35.1 Å². The van der Waals surface area contributed by atoms with Crippen LogP contribution in [0.15, 0.2) is 22.7 Å². The Morgan fingerprint density at radius 3 is 3.00 bits per heavy atom. The average Bonchev–Trinajstić information content (AvgIpc) is 3.00. The number of hydrogen-bond acceptors (Lipinski definition) is 2. The highest BCUT2D eigenvalue weighted by molar-refractivity contribution is 9.10. The smallest absolute Gasteiger partial charge is 0.125 e. The maximum atomic E-state index is 6.07. The molecule has 1 saturated carbocycles. The van der Waals surface area contributed by atoms with Gasteiger partial charge in [0.25, 0.3) is 0 Å². The van der Waals surface area contributed by atoms with Crippen LogP contribution in [0.25, 0.3) is 11.0 Å². The highest BCUT2D eigenvalue weighted by Crippen LogP contribution is 2.36. The predicted octanol–water partition coefficient (Wildman–Crippen LogP) is 4.28. The van der Waals surface area contributed by atoms with Crippen molar-refractivity contribution in [2.75, 3.05) is 7.11 Å². The monoisotopic (exact) mass is 342 g/mol. The lowest BCUT2D eigenvalue weighted by molar-refractivity contribution is 0.106. The van der Waals surface area contributed by atoms with Crippen LogP contribution in [0.4, 0.5) is 0 Å². The molecule has 1 aliphatic carbocycles. The van der Waals surface area contributed by atoms with Crippen molar-refractivity contribution in [3.63, 3.8) is 0 Å². The molecule has 1 aliphatic rings. The zero-order valence-electron chi connectivity index (χ0n) is 10.8. The molecule has 0 amide bonds. The van der Waals surface area contributed by atoms with Crippen molar-refractivity contribution in [1.82, 2.24) is 9.55 Å². The Balaban J connectivity index is 2.06. The predicted molar refractivity (Wildman–Crippen MR) is 80.7 cm³/mol. The Morgan fingerprint density at radius 2 is 2.32 bits per heavy atom. The summed E-state index contributed by atoms with van der Waals surface area (Å²) < 4.78 is 8.82. The van der Waals surface area contributed by atoms with Gasteiger partial charge in [-0.3, -0.25) is 0 Å². The lowest BCUT2D eigenvalue weighted by Crippen LogP contribution is -2.11. The second-order valence-corrected chi connectivity index (χ2v) is 6.17. The molecular weight excluding hydrogens is 328 g/mol. The van der Waals surface area contributed by atoms with E-state index in [0.29, 0.717) is 18.0 Å². The SMILES string of the molecule is COC1CCC(n2c(CCl)nc3cc(Br)ccc32)C1. The first-order valence-corrected chi connectivity index (χ1v) is 7.80. The van der Waals surface area contributed by atoms with Crippen molar-refractivity contribution in [3.8, 4) is 0 Å². The van der Waals surface area contributed by atoms with Crippen LogP contribution in [0.2, 0.25) is 0 Å². The molecule has 3 rings (SSSR count). The van der Waals surface area contributed by atoms with Gasteiger partial charge in [0.15, 0.2) is 0 Å². The summed E-state index contributed by atoms with van der Waals surface area (Å²) in [6, 6.07) is 6.67. The van der Waals surface area contributed by atoms with Crippen molar-refractivity contribution in [2.24, 2.45) is 0 Å². The molecule has 0 bridgehead atoms. The number of nitrogens with zero attached hydrogens (tertiary/aromatic N) is 2. The molecule has 0 spiro atoms. The van der Waals surface area contributed by atoms with Gasteiger partial charge in [-0.25, -0.2) is 4.98 Å². The molecule has 0 radical (unpaired) electrons. The topological polar surface area (TPSA) is 27.1 Å². The largest absolute Gasteiger partial charge is 0.381 e. The summed E-state index contributed by atoms with van der Waals surface area (Å²) in [5, 5.41) is 0. The summed E-state index contributed by atoms with van der Waals surface area (Å²) in [6.07, 6.45) is 3.64. The lowest BCUT2D eigenvalue weighted by atomic mass is 10.2. The Labute approximate surface area is 126 Å². The van der Waals surface area contributed by atoms with E-state index < -0.39 is 0 Å². The maximum absolute atomic E-state index is 6.07. The second-order valence-electron chi connectivity index (χ2n) is 4.99. The Hall–Kier alpha value is -0.580. The number of ether oxygens (including phenoxy) is 1. The van der Waals surface area contributed by atoms with Crippen LogP contribution in [-0.4, -0.2) is 22.8 Å². The fourth-order valence-corrected chi connectivity index (χ4v) is 3.53. The molecule has 0 aliphatic heterocycles. The number of aromatic nitrogens is 2. The zero-order chi connectivity index (χ0) is 13.4. The van der Waals surface area contributed by atoms with E-state index in [1.165, 1.54) is 5.52 Å². The van der Waals surface area contributed by atoms with Gasteiger partial charge in [0.05, 0.1) is 23.0 Å². The molecule has 2 unspecified atom stereocenters. The summed E-state index contributed by atoms with van der Waals surface area (Å²) in [5.41, 5.74) is 2.17. The van der Waals surface area contributed by atoms with Gasteiger partial charge in [0.2, 0.25) is 0 Å². The van der Waals surface area contributed by atoms with Crippen LogP contribution in [0.5, 0.6) is 0 Å². The molecule has 1 aromatic heterocycles. The highest BCUT2D eigenvalue weighted by Gasteiger charge is 2.28. The third kappa shape index (κ3) is 2.41. The molecule has 2 atom stereocenters. The van der Waals surface area contributed by atoms with Crippen LogP contribution in [0.1, 0.15) is 31.1 Å². The van der Waals surface area contributed by atoms with Gasteiger partial charge in [0, 0.05) is 17.6 Å². The molecule has 1 aromatic carbocycles. The summed E-state index contributed by atoms with van der Waals surface area (Å²) in [5.74, 6) is 1.40. The third-order valence-corrected chi connectivity index (χ3v) is 4.63. The third-order valence-electron chi connectivity index (χ3n) is 3.90. The van der Waals surface area contributed by atoms with Gasteiger partial charge in [-0.2, -0.15) is 0 Å².